The van der Waals surface area contributed by atoms with Crippen LogP contribution in [0.3, 0.4) is 0 Å². The van der Waals surface area contributed by atoms with Crippen LogP contribution < -0.4 is 0 Å². The molecule has 3 rings (SSSR count). The molecule has 142 valence electrons. The molecule has 1 saturated heterocycles. The Kier molecular flexibility index (Phi) is 4.73. The van der Waals surface area contributed by atoms with E-state index in [4.69, 9.17) is 0 Å². The summed E-state index contributed by atoms with van der Waals surface area (Å²) < 4.78 is 95.9. The van der Waals surface area contributed by atoms with Gasteiger partial charge in [0.2, 0.25) is 15.9 Å². The molecule has 1 aliphatic rings. The van der Waals surface area contributed by atoms with Gasteiger partial charge in [-0.2, -0.15) is 17.5 Å². The van der Waals surface area contributed by atoms with Crippen LogP contribution in [0.4, 0.5) is 22.0 Å². The van der Waals surface area contributed by atoms with E-state index in [1.807, 2.05) is 0 Å². The third-order valence-electron chi connectivity index (χ3n) is 3.93. The maximum Gasteiger partial charge on any atom is 0.470 e. The minimum absolute atomic E-state index is 0.0348. The minimum atomic E-state index is -4.82. The highest BCUT2D eigenvalue weighted by Crippen LogP contribution is 2.34. The van der Waals surface area contributed by atoms with Gasteiger partial charge in [-0.25, -0.2) is 17.2 Å². The summed E-state index contributed by atoms with van der Waals surface area (Å²) in [6.07, 6.45) is -4.27. The van der Waals surface area contributed by atoms with E-state index in [-0.39, 0.29) is 25.4 Å². The lowest BCUT2D eigenvalue weighted by Crippen LogP contribution is -2.39. The lowest BCUT2D eigenvalue weighted by atomic mass is 10.00. The van der Waals surface area contributed by atoms with Crippen molar-refractivity contribution in [3.8, 4) is 0 Å². The Morgan fingerprint density at radius 2 is 1.81 bits per heavy atom. The van der Waals surface area contributed by atoms with Crippen molar-refractivity contribution >= 4 is 10.0 Å². The van der Waals surface area contributed by atoms with Crippen molar-refractivity contribution in [3.05, 3.63) is 41.6 Å². The lowest BCUT2D eigenvalue weighted by molar-refractivity contribution is -0.157. The minimum Gasteiger partial charge on any atom is -0.417 e. The van der Waals surface area contributed by atoms with Crippen molar-refractivity contribution in [3.63, 3.8) is 0 Å². The standard InChI is InChI=1S/C14H12F5N3O3S/c15-9-4-1-5-10(16)11(9)26(23,24)22-6-2-3-8(7-22)12-20-21-13(25-12)14(17,18)19/h1,4-5,8H,2-3,6-7H2/t8-/m1/s1. The highest BCUT2D eigenvalue weighted by molar-refractivity contribution is 7.89. The zero-order chi connectivity index (χ0) is 19.1. The van der Waals surface area contributed by atoms with Gasteiger partial charge in [0.15, 0.2) is 4.90 Å². The van der Waals surface area contributed by atoms with Crippen LogP contribution in [0.5, 0.6) is 0 Å². The van der Waals surface area contributed by atoms with Gasteiger partial charge in [0.05, 0.1) is 5.92 Å². The largest absolute Gasteiger partial charge is 0.470 e. The number of nitrogens with zero attached hydrogens (tertiary/aromatic N) is 3. The molecule has 26 heavy (non-hydrogen) atoms. The van der Waals surface area contributed by atoms with Crippen LogP contribution in [0.1, 0.15) is 30.5 Å². The number of rotatable bonds is 3. The molecule has 1 aromatic heterocycles. The van der Waals surface area contributed by atoms with E-state index in [2.05, 4.69) is 14.6 Å². The molecule has 12 heteroatoms. The number of hydrogen-bond acceptors (Lipinski definition) is 5. The van der Waals surface area contributed by atoms with Gasteiger partial charge in [0.1, 0.15) is 11.6 Å². The molecule has 0 bridgehead atoms. The Balaban J connectivity index is 1.88. The number of aromatic nitrogens is 2. The third-order valence-corrected chi connectivity index (χ3v) is 5.85. The van der Waals surface area contributed by atoms with Crippen LogP contribution in [-0.2, 0) is 16.2 Å². The van der Waals surface area contributed by atoms with Crippen molar-refractivity contribution in [1.82, 2.24) is 14.5 Å². The molecular weight excluding hydrogens is 385 g/mol. The molecule has 1 fully saturated rings. The van der Waals surface area contributed by atoms with Crippen molar-refractivity contribution < 1.29 is 34.8 Å². The first-order valence-electron chi connectivity index (χ1n) is 7.45. The Morgan fingerprint density at radius 3 is 2.38 bits per heavy atom. The van der Waals surface area contributed by atoms with Gasteiger partial charge in [-0.15, -0.1) is 10.2 Å². The molecule has 1 atom stereocenters. The van der Waals surface area contributed by atoms with Crippen molar-refractivity contribution in [2.24, 2.45) is 0 Å². The fourth-order valence-corrected chi connectivity index (χ4v) is 4.37. The predicted molar refractivity (Wildman–Crippen MR) is 76.4 cm³/mol. The van der Waals surface area contributed by atoms with Gasteiger partial charge < -0.3 is 4.42 Å². The van der Waals surface area contributed by atoms with Crippen LogP contribution in [0.25, 0.3) is 0 Å². The Bertz CT molecular complexity index is 893. The highest BCUT2D eigenvalue weighted by atomic mass is 32.2. The van der Waals surface area contributed by atoms with Gasteiger partial charge in [-0.05, 0) is 25.0 Å². The normalized spacial score (nSPS) is 19.7. The summed E-state index contributed by atoms with van der Waals surface area (Å²) in [5, 5.41) is 6.23. The molecule has 0 amide bonds. The SMILES string of the molecule is O=S(=O)(c1c(F)cccc1F)N1CCC[C@@H](c2nnc(C(F)(F)F)o2)C1. The van der Waals surface area contributed by atoms with Gasteiger partial charge in [-0.1, -0.05) is 6.07 Å². The van der Waals surface area contributed by atoms with Crippen LogP contribution >= 0.6 is 0 Å². The number of hydrogen-bond donors (Lipinski definition) is 0. The van der Waals surface area contributed by atoms with Crippen molar-refractivity contribution in [2.75, 3.05) is 13.1 Å². The summed E-state index contributed by atoms with van der Waals surface area (Å²) in [6.45, 7) is -0.359. The summed E-state index contributed by atoms with van der Waals surface area (Å²) in [5.74, 6) is -5.20. The van der Waals surface area contributed by atoms with Gasteiger partial charge in [-0.3, -0.25) is 0 Å². The first-order chi connectivity index (χ1) is 12.1. The Hall–Kier alpha value is -2.08. The summed E-state index contributed by atoms with van der Waals surface area (Å²) in [6, 6.07) is 2.65. The number of benzene rings is 1. The van der Waals surface area contributed by atoms with Crippen LogP contribution in [0.15, 0.2) is 27.5 Å². The van der Waals surface area contributed by atoms with Crippen molar-refractivity contribution in [1.29, 1.82) is 0 Å². The van der Waals surface area contributed by atoms with Crippen molar-refractivity contribution in [2.45, 2.75) is 29.8 Å². The molecular formula is C14H12F5N3O3S. The fourth-order valence-electron chi connectivity index (χ4n) is 2.73. The molecule has 0 radical (unpaired) electrons. The number of piperidine rings is 1. The second kappa shape index (κ2) is 6.58. The van der Waals surface area contributed by atoms with Crippen LogP contribution in [-0.4, -0.2) is 36.0 Å². The quantitative estimate of drug-likeness (QED) is 0.745. The topological polar surface area (TPSA) is 76.3 Å². The summed E-state index contributed by atoms with van der Waals surface area (Å²) in [4.78, 5) is -1.10. The van der Waals surface area contributed by atoms with E-state index in [1.54, 1.807) is 0 Å². The average molecular weight is 397 g/mol. The first-order valence-corrected chi connectivity index (χ1v) is 8.89. The Morgan fingerprint density at radius 1 is 1.15 bits per heavy atom. The smallest absolute Gasteiger partial charge is 0.417 e. The van der Waals surface area contributed by atoms with Gasteiger partial charge in [0, 0.05) is 13.1 Å². The maximum atomic E-state index is 13.8. The second-order valence-corrected chi connectivity index (χ2v) is 7.57. The molecule has 0 N–H and O–H groups in total. The monoisotopic (exact) mass is 397 g/mol. The summed E-state index contributed by atoms with van der Waals surface area (Å²) in [5.41, 5.74) is 0. The van der Waals surface area contributed by atoms with E-state index in [9.17, 15) is 30.4 Å². The summed E-state index contributed by atoms with van der Waals surface area (Å²) >= 11 is 0. The van der Waals surface area contributed by atoms with E-state index >= 15 is 0 Å². The molecule has 2 aromatic rings. The fraction of sp³-hybridized carbons (Fsp3) is 0.429. The number of sulfonamides is 1. The molecule has 2 heterocycles. The molecule has 1 aliphatic heterocycles. The number of halogens is 5. The zero-order valence-electron chi connectivity index (χ0n) is 13.0. The molecule has 6 nitrogen and oxygen atoms in total. The lowest BCUT2D eigenvalue weighted by Gasteiger charge is -2.30. The molecule has 0 aliphatic carbocycles. The molecule has 0 spiro atoms. The Labute approximate surface area is 144 Å². The second-order valence-electron chi connectivity index (χ2n) is 5.70. The third kappa shape index (κ3) is 3.43. The van der Waals surface area contributed by atoms with E-state index in [1.165, 1.54) is 0 Å². The maximum absolute atomic E-state index is 13.8. The molecule has 0 unspecified atom stereocenters. The first kappa shape index (κ1) is 18.7. The van der Waals surface area contributed by atoms with Gasteiger partial charge >= 0.3 is 12.1 Å². The molecule has 1 aromatic carbocycles. The highest BCUT2D eigenvalue weighted by Gasteiger charge is 2.40. The van der Waals surface area contributed by atoms with E-state index in [0.717, 1.165) is 22.5 Å². The summed E-state index contributed by atoms with van der Waals surface area (Å²) in [7, 11) is -4.51. The zero-order valence-corrected chi connectivity index (χ0v) is 13.8. The number of alkyl halides is 3. The van der Waals surface area contributed by atoms with E-state index < -0.39 is 44.5 Å². The molecule has 0 saturated carbocycles. The van der Waals surface area contributed by atoms with Gasteiger partial charge in [0.25, 0.3) is 0 Å². The van der Waals surface area contributed by atoms with Crippen LogP contribution in [0.2, 0.25) is 0 Å². The van der Waals surface area contributed by atoms with Crippen LogP contribution in [0, 0.1) is 11.6 Å². The predicted octanol–water partition coefficient (Wildman–Crippen LogP) is 2.93. The van der Waals surface area contributed by atoms with E-state index in [0.29, 0.717) is 6.42 Å². The average Bonchev–Trinajstić information content (AvgIpc) is 3.05.